The molecule has 5 nitrogen and oxygen atoms in total. The SMILES string of the molecule is COc1ccc(C(C)NC(=O)/C(C#N)=C\NCCc2ccccc2Cl)cc1. The highest BCUT2D eigenvalue weighted by Crippen LogP contribution is 2.17. The summed E-state index contributed by atoms with van der Waals surface area (Å²) in [6.45, 7) is 2.43. The molecule has 0 aliphatic rings. The predicted octanol–water partition coefficient (Wildman–Crippen LogP) is 3.77. The van der Waals surface area contributed by atoms with Crippen LogP contribution in [0.4, 0.5) is 0 Å². The molecule has 0 aromatic heterocycles. The molecule has 2 aromatic rings. The summed E-state index contributed by atoms with van der Waals surface area (Å²) in [5.74, 6) is 0.323. The number of carbonyl (C=O) groups is 1. The van der Waals surface area contributed by atoms with E-state index in [-0.39, 0.29) is 11.6 Å². The minimum absolute atomic E-state index is 0.0227. The van der Waals surface area contributed by atoms with E-state index in [0.29, 0.717) is 18.0 Å². The van der Waals surface area contributed by atoms with Crippen LogP contribution in [0, 0.1) is 11.3 Å². The van der Waals surface area contributed by atoms with Crippen LogP contribution in [0.2, 0.25) is 5.02 Å². The van der Waals surface area contributed by atoms with Gasteiger partial charge in [-0.1, -0.05) is 41.9 Å². The Morgan fingerprint density at radius 3 is 2.59 bits per heavy atom. The third kappa shape index (κ3) is 6.05. The molecule has 0 heterocycles. The number of benzene rings is 2. The van der Waals surface area contributed by atoms with Gasteiger partial charge in [-0.05, 0) is 42.7 Å². The Morgan fingerprint density at radius 1 is 1.26 bits per heavy atom. The second-order valence-electron chi connectivity index (χ2n) is 5.93. The number of nitriles is 1. The Kier molecular flexibility index (Phi) is 7.72. The molecule has 140 valence electrons. The van der Waals surface area contributed by atoms with E-state index in [1.54, 1.807) is 7.11 Å². The normalized spacial score (nSPS) is 12.0. The van der Waals surface area contributed by atoms with Gasteiger partial charge >= 0.3 is 0 Å². The molecule has 0 bridgehead atoms. The maximum Gasteiger partial charge on any atom is 0.263 e. The number of methoxy groups -OCH3 is 1. The van der Waals surface area contributed by atoms with Crippen molar-refractivity contribution in [3.8, 4) is 11.8 Å². The lowest BCUT2D eigenvalue weighted by Gasteiger charge is -2.14. The summed E-state index contributed by atoms with van der Waals surface area (Å²) >= 11 is 6.11. The lowest BCUT2D eigenvalue weighted by molar-refractivity contribution is -0.117. The Hall–Kier alpha value is -2.97. The number of halogens is 1. The Bertz CT molecular complexity index is 841. The molecule has 27 heavy (non-hydrogen) atoms. The van der Waals surface area contributed by atoms with Gasteiger partial charge in [0.15, 0.2) is 0 Å². The molecule has 1 unspecified atom stereocenters. The average molecular weight is 384 g/mol. The van der Waals surface area contributed by atoms with Crippen molar-refractivity contribution in [2.24, 2.45) is 0 Å². The van der Waals surface area contributed by atoms with E-state index in [4.69, 9.17) is 16.3 Å². The molecule has 0 spiro atoms. The lowest BCUT2D eigenvalue weighted by atomic mass is 10.1. The van der Waals surface area contributed by atoms with Crippen molar-refractivity contribution >= 4 is 17.5 Å². The van der Waals surface area contributed by atoms with Crippen molar-refractivity contribution in [2.45, 2.75) is 19.4 Å². The van der Waals surface area contributed by atoms with Crippen molar-refractivity contribution in [2.75, 3.05) is 13.7 Å². The standard InChI is InChI=1S/C21H22ClN3O2/c1-15(16-7-9-19(27-2)10-8-16)25-21(26)18(13-23)14-24-12-11-17-5-3-4-6-20(17)22/h3-10,14-15,24H,11-12H2,1-2H3,(H,25,26)/b18-14-. The van der Waals surface area contributed by atoms with Crippen LogP contribution < -0.4 is 15.4 Å². The highest BCUT2D eigenvalue weighted by molar-refractivity contribution is 6.31. The number of carbonyl (C=O) groups excluding carboxylic acids is 1. The highest BCUT2D eigenvalue weighted by atomic mass is 35.5. The number of nitrogens with one attached hydrogen (secondary N) is 2. The van der Waals surface area contributed by atoms with Gasteiger partial charge in [-0.25, -0.2) is 0 Å². The van der Waals surface area contributed by atoms with Crippen LogP contribution >= 0.6 is 11.6 Å². The monoisotopic (exact) mass is 383 g/mol. The van der Waals surface area contributed by atoms with Gasteiger partial charge < -0.3 is 15.4 Å². The van der Waals surface area contributed by atoms with Crippen molar-refractivity contribution in [1.29, 1.82) is 5.26 Å². The maximum absolute atomic E-state index is 12.3. The number of hydrogen-bond donors (Lipinski definition) is 2. The molecular formula is C21H22ClN3O2. The molecule has 0 fully saturated rings. The number of ether oxygens (including phenoxy) is 1. The largest absolute Gasteiger partial charge is 0.497 e. The zero-order valence-corrected chi connectivity index (χ0v) is 16.1. The summed E-state index contributed by atoms with van der Waals surface area (Å²) in [6.07, 6.45) is 2.13. The summed E-state index contributed by atoms with van der Waals surface area (Å²) < 4.78 is 5.12. The Balaban J connectivity index is 1.89. The molecule has 2 N–H and O–H groups in total. The molecule has 6 heteroatoms. The zero-order chi connectivity index (χ0) is 19.6. The van der Waals surface area contributed by atoms with E-state index in [9.17, 15) is 10.1 Å². The molecule has 0 radical (unpaired) electrons. The number of nitrogens with zero attached hydrogens (tertiary/aromatic N) is 1. The fraction of sp³-hybridized carbons (Fsp3) is 0.238. The van der Waals surface area contributed by atoms with E-state index in [0.717, 1.165) is 16.9 Å². The molecule has 1 amide bonds. The van der Waals surface area contributed by atoms with Gasteiger partial charge in [0, 0.05) is 17.8 Å². The second-order valence-corrected chi connectivity index (χ2v) is 6.34. The minimum atomic E-state index is -0.425. The van der Waals surface area contributed by atoms with Gasteiger partial charge in [-0.3, -0.25) is 4.79 Å². The van der Waals surface area contributed by atoms with E-state index in [1.807, 2.05) is 61.5 Å². The molecule has 0 saturated carbocycles. The van der Waals surface area contributed by atoms with Gasteiger partial charge in [0.05, 0.1) is 13.2 Å². The Labute approximate surface area is 164 Å². The summed E-state index contributed by atoms with van der Waals surface area (Å²) in [6, 6.07) is 16.7. The van der Waals surface area contributed by atoms with Gasteiger partial charge in [0.25, 0.3) is 5.91 Å². The van der Waals surface area contributed by atoms with E-state index in [2.05, 4.69) is 10.6 Å². The fourth-order valence-electron chi connectivity index (χ4n) is 2.48. The second kappa shape index (κ2) is 10.2. The number of amides is 1. The molecule has 2 rings (SSSR count). The number of rotatable bonds is 8. The third-order valence-electron chi connectivity index (χ3n) is 4.07. The molecule has 1 atom stereocenters. The van der Waals surface area contributed by atoms with Crippen LogP contribution in [0.3, 0.4) is 0 Å². The lowest BCUT2D eigenvalue weighted by Crippen LogP contribution is -2.28. The summed E-state index contributed by atoms with van der Waals surface area (Å²) in [5, 5.41) is 15.8. The van der Waals surface area contributed by atoms with E-state index < -0.39 is 5.91 Å². The van der Waals surface area contributed by atoms with Crippen LogP contribution in [0.15, 0.2) is 60.3 Å². The summed E-state index contributed by atoms with van der Waals surface area (Å²) in [4.78, 5) is 12.3. The average Bonchev–Trinajstić information content (AvgIpc) is 2.69. The molecular weight excluding hydrogens is 362 g/mol. The van der Waals surface area contributed by atoms with Crippen LogP contribution in [0.1, 0.15) is 24.1 Å². The van der Waals surface area contributed by atoms with Gasteiger partial charge in [-0.2, -0.15) is 5.26 Å². The van der Waals surface area contributed by atoms with Crippen molar-refractivity contribution in [1.82, 2.24) is 10.6 Å². The van der Waals surface area contributed by atoms with Crippen LogP contribution in [-0.2, 0) is 11.2 Å². The van der Waals surface area contributed by atoms with Crippen molar-refractivity contribution in [3.63, 3.8) is 0 Å². The minimum Gasteiger partial charge on any atom is -0.497 e. The first-order chi connectivity index (χ1) is 13.0. The summed E-state index contributed by atoms with van der Waals surface area (Å²) in [5.41, 5.74) is 1.96. The molecule has 0 saturated heterocycles. The van der Waals surface area contributed by atoms with Gasteiger partial charge in [-0.15, -0.1) is 0 Å². The highest BCUT2D eigenvalue weighted by Gasteiger charge is 2.13. The summed E-state index contributed by atoms with van der Waals surface area (Å²) in [7, 11) is 1.60. The topological polar surface area (TPSA) is 74.1 Å². The maximum atomic E-state index is 12.3. The molecule has 0 aliphatic heterocycles. The predicted molar refractivity (Wildman–Crippen MR) is 106 cm³/mol. The van der Waals surface area contributed by atoms with Crippen LogP contribution in [0.25, 0.3) is 0 Å². The zero-order valence-electron chi connectivity index (χ0n) is 15.3. The van der Waals surface area contributed by atoms with Crippen LogP contribution in [-0.4, -0.2) is 19.6 Å². The van der Waals surface area contributed by atoms with E-state index >= 15 is 0 Å². The molecule has 0 aliphatic carbocycles. The van der Waals surface area contributed by atoms with E-state index in [1.165, 1.54) is 6.20 Å². The van der Waals surface area contributed by atoms with Gasteiger partial charge in [0.2, 0.25) is 0 Å². The molecule has 2 aromatic carbocycles. The fourth-order valence-corrected chi connectivity index (χ4v) is 2.71. The Morgan fingerprint density at radius 2 is 1.96 bits per heavy atom. The van der Waals surface area contributed by atoms with Crippen molar-refractivity contribution in [3.05, 3.63) is 76.5 Å². The first-order valence-corrected chi connectivity index (χ1v) is 8.94. The third-order valence-corrected chi connectivity index (χ3v) is 4.44. The smallest absolute Gasteiger partial charge is 0.263 e. The number of hydrogen-bond acceptors (Lipinski definition) is 4. The quantitative estimate of drug-likeness (QED) is 0.413. The first kappa shape index (κ1) is 20.3. The first-order valence-electron chi connectivity index (χ1n) is 8.57. The van der Waals surface area contributed by atoms with Crippen molar-refractivity contribution < 1.29 is 9.53 Å². The van der Waals surface area contributed by atoms with Crippen LogP contribution in [0.5, 0.6) is 5.75 Å². The van der Waals surface area contributed by atoms with Gasteiger partial charge in [0.1, 0.15) is 17.4 Å².